The van der Waals surface area contributed by atoms with Gasteiger partial charge in [-0.1, -0.05) is 68.4 Å². The molecular weight excluding hydrogens is 699 g/mol. The Bertz CT molecular complexity index is 2350. The Balaban J connectivity index is 1.22. The van der Waals surface area contributed by atoms with E-state index in [-0.39, 0.29) is 31.4 Å². The number of hydrogen-bond acceptors (Lipinski definition) is 8. The quantitative estimate of drug-likeness (QED) is 0.0805. The van der Waals surface area contributed by atoms with Crippen LogP contribution in [0.15, 0.2) is 97.2 Å². The maximum absolute atomic E-state index is 14.1. The fraction of sp³-hybridized carbons (Fsp3) is 0.262. The van der Waals surface area contributed by atoms with Crippen molar-refractivity contribution in [2.45, 2.75) is 45.4 Å². The summed E-state index contributed by atoms with van der Waals surface area (Å²) in [5.41, 5.74) is 9.15. The zero-order valence-corrected chi connectivity index (χ0v) is 31.2. The Hall–Kier alpha value is -6.47. The van der Waals surface area contributed by atoms with E-state index >= 15 is 0 Å². The van der Waals surface area contributed by atoms with E-state index < -0.39 is 30.1 Å². The number of rotatable bonds is 14. The summed E-state index contributed by atoms with van der Waals surface area (Å²) in [5.74, 6) is -0.0701. The average Bonchev–Trinajstić information content (AvgIpc) is 3.52. The molecule has 0 aliphatic heterocycles. The van der Waals surface area contributed by atoms with Gasteiger partial charge >= 0.3 is 12.1 Å². The first-order valence-corrected chi connectivity index (χ1v) is 18.1. The predicted molar refractivity (Wildman–Crippen MR) is 214 cm³/mol. The number of carbonyl (C=O) groups excluding carboxylic acids is 4. The van der Waals surface area contributed by atoms with Crippen LogP contribution in [0, 0.1) is 5.92 Å². The van der Waals surface area contributed by atoms with Crippen LogP contribution in [0.2, 0.25) is 0 Å². The van der Waals surface area contributed by atoms with Gasteiger partial charge in [0.25, 0.3) is 0 Å². The van der Waals surface area contributed by atoms with E-state index in [4.69, 9.17) is 20.2 Å². The van der Waals surface area contributed by atoms with Crippen molar-refractivity contribution >= 4 is 62.2 Å². The molecule has 1 unspecified atom stereocenters. The molecule has 55 heavy (non-hydrogen) atoms. The highest BCUT2D eigenvalue weighted by Crippen LogP contribution is 2.38. The lowest BCUT2D eigenvalue weighted by Gasteiger charge is -2.24. The highest BCUT2D eigenvalue weighted by Gasteiger charge is 2.27. The van der Waals surface area contributed by atoms with Crippen LogP contribution in [0.1, 0.15) is 32.3 Å². The van der Waals surface area contributed by atoms with Crippen LogP contribution >= 0.6 is 0 Å². The minimum absolute atomic E-state index is 0.00622. The van der Waals surface area contributed by atoms with Crippen molar-refractivity contribution in [2.24, 2.45) is 11.7 Å². The van der Waals surface area contributed by atoms with Crippen LogP contribution in [-0.2, 0) is 20.9 Å². The second-order valence-corrected chi connectivity index (χ2v) is 13.5. The minimum Gasteiger partial charge on any atom is -0.497 e. The Morgan fingerprint density at radius 3 is 2.36 bits per heavy atom. The van der Waals surface area contributed by atoms with Crippen LogP contribution in [0.25, 0.3) is 43.8 Å². The van der Waals surface area contributed by atoms with Gasteiger partial charge in [-0.05, 0) is 78.5 Å². The summed E-state index contributed by atoms with van der Waals surface area (Å²) >= 11 is 0. The number of aromatic nitrogens is 2. The van der Waals surface area contributed by atoms with Gasteiger partial charge in [-0.3, -0.25) is 14.6 Å². The van der Waals surface area contributed by atoms with Gasteiger partial charge in [-0.2, -0.15) is 0 Å². The summed E-state index contributed by atoms with van der Waals surface area (Å²) < 4.78 is 13.0. The topological polar surface area (TPSA) is 179 Å². The summed E-state index contributed by atoms with van der Waals surface area (Å²) in [7, 11) is 3.29. The monoisotopic (exact) mass is 743 g/mol. The lowest BCUT2D eigenvalue weighted by atomic mass is 10.0. The standard InChI is InChI=1S/C42H45N7O6/c1-25(2)36(44-3)40(51)48-34(13-8-21-46-41(43)52)39(50)47-28-16-14-26(15-17-28)24-55-42(53)49-35-19-18-29(54-4)23-33(35)32-20-22-45-37(38(32)49)31-12-7-10-27-9-5-6-11-30(27)31/h5-7,9-12,14-20,22-23,25,34,36,44H,8,13,21,24H2,1-4H3,(H,47,50)(H,48,51)(H3,43,46,52)/t34?,36-/m0/s1. The lowest BCUT2D eigenvalue weighted by molar-refractivity contribution is -0.128. The number of amides is 4. The zero-order valence-electron chi connectivity index (χ0n) is 31.2. The van der Waals surface area contributed by atoms with Gasteiger partial charge in [0.15, 0.2) is 0 Å². The van der Waals surface area contributed by atoms with Crippen molar-refractivity contribution in [1.29, 1.82) is 0 Å². The van der Waals surface area contributed by atoms with E-state index in [0.29, 0.717) is 40.1 Å². The first kappa shape index (κ1) is 38.3. The third-order valence-corrected chi connectivity index (χ3v) is 9.56. The van der Waals surface area contributed by atoms with Gasteiger partial charge in [0, 0.05) is 34.8 Å². The first-order chi connectivity index (χ1) is 26.6. The Morgan fingerprint density at radius 1 is 0.873 bits per heavy atom. The number of methoxy groups -OCH3 is 1. The molecule has 6 rings (SSSR count). The lowest BCUT2D eigenvalue weighted by Crippen LogP contribution is -2.52. The van der Waals surface area contributed by atoms with Crippen LogP contribution in [0.3, 0.4) is 0 Å². The number of ether oxygens (including phenoxy) is 2. The van der Waals surface area contributed by atoms with Crippen molar-refractivity contribution in [3.63, 3.8) is 0 Å². The molecule has 0 aliphatic carbocycles. The second kappa shape index (κ2) is 17.1. The second-order valence-electron chi connectivity index (χ2n) is 13.5. The molecule has 6 aromatic rings. The number of fused-ring (bicyclic) bond motifs is 4. The molecule has 4 amide bonds. The van der Waals surface area contributed by atoms with Gasteiger partial charge in [0.05, 0.1) is 29.9 Å². The van der Waals surface area contributed by atoms with Crippen molar-refractivity contribution in [1.82, 2.24) is 25.5 Å². The van der Waals surface area contributed by atoms with Gasteiger partial charge in [0.1, 0.15) is 18.4 Å². The molecule has 0 radical (unpaired) electrons. The Labute approximate surface area is 318 Å². The molecule has 13 heteroatoms. The number of benzene rings is 4. The number of anilines is 1. The van der Waals surface area contributed by atoms with Crippen LogP contribution in [0.5, 0.6) is 5.75 Å². The number of carbonyl (C=O) groups is 4. The van der Waals surface area contributed by atoms with Crippen molar-refractivity contribution in [2.75, 3.05) is 26.0 Å². The molecule has 2 heterocycles. The summed E-state index contributed by atoms with van der Waals surface area (Å²) in [6.45, 7) is 4.03. The maximum atomic E-state index is 14.1. The highest BCUT2D eigenvalue weighted by atomic mass is 16.5. The molecule has 2 aromatic heterocycles. The summed E-state index contributed by atoms with van der Waals surface area (Å²) in [6, 6.07) is 26.4. The molecule has 0 saturated carbocycles. The van der Waals surface area contributed by atoms with Crippen molar-refractivity contribution < 1.29 is 28.7 Å². The normalized spacial score (nSPS) is 12.4. The number of likely N-dealkylation sites (N-methyl/N-ethyl adjacent to an activating group) is 1. The number of nitrogens with one attached hydrogen (secondary N) is 4. The SMILES string of the molecule is CN[C@H](C(=O)NC(CCCNC(N)=O)C(=O)Nc1ccc(COC(=O)n2c3ccc(OC)cc3c3ccnc(-c4cccc5ccccc45)c32)cc1)C(C)C. The molecule has 0 fully saturated rings. The molecule has 0 aliphatic rings. The molecule has 13 nitrogen and oxygen atoms in total. The van der Waals surface area contributed by atoms with Crippen LogP contribution in [-0.4, -0.2) is 66.3 Å². The van der Waals surface area contributed by atoms with Gasteiger partial charge in [-0.25, -0.2) is 14.2 Å². The van der Waals surface area contributed by atoms with E-state index in [1.165, 1.54) is 0 Å². The zero-order chi connectivity index (χ0) is 39.1. The van der Waals surface area contributed by atoms with Crippen LogP contribution in [0.4, 0.5) is 15.3 Å². The molecule has 6 N–H and O–H groups in total. The fourth-order valence-electron chi connectivity index (χ4n) is 6.83. The molecular formula is C42H45N7O6. The van der Waals surface area contributed by atoms with E-state index in [9.17, 15) is 19.2 Å². The Kier molecular flexibility index (Phi) is 11.9. The fourth-order valence-corrected chi connectivity index (χ4v) is 6.83. The minimum atomic E-state index is -0.864. The van der Waals surface area contributed by atoms with Crippen molar-refractivity contribution in [3.8, 4) is 17.0 Å². The van der Waals surface area contributed by atoms with Crippen molar-refractivity contribution in [3.05, 3.63) is 103 Å². The number of hydrogen-bond donors (Lipinski definition) is 5. The van der Waals surface area contributed by atoms with Crippen LogP contribution < -0.4 is 31.7 Å². The predicted octanol–water partition coefficient (Wildman–Crippen LogP) is 6.32. The van der Waals surface area contributed by atoms with E-state index in [0.717, 1.165) is 27.1 Å². The first-order valence-electron chi connectivity index (χ1n) is 18.1. The third-order valence-electron chi connectivity index (χ3n) is 9.56. The number of urea groups is 1. The third kappa shape index (κ3) is 8.52. The average molecular weight is 744 g/mol. The molecule has 4 aromatic carbocycles. The molecule has 284 valence electrons. The maximum Gasteiger partial charge on any atom is 0.419 e. The largest absolute Gasteiger partial charge is 0.497 e. The number of nitrogens with zero attached hydrogens (tertiary/aromatic N) is 2. The van der Waals surface area contributed by atoms with Gasteiger partial charge in [-0.15, -0.1) is 0 Å². The molecule has 2 atom stereocenters. The highest BCUT2D eigenvalue weighted by molar-refractivity contribution is 6.17. The molecule has 0 spiro atoms. The number of pyridine rings is 1. The molecule has 0 saturated heterocycles. The number of primary amides is 1. The number of nitrogens with two attached hydrogens (primary N) is 1. The smallest absolute Gasteiger partial charge is 0.419 e. The van der Waals surface area contributed by atoms with Gasteiger partial charge in [0.2, 0.25) is 11.8 Å². The van der Waals surface area contributed by atoms with E-state index in [1.54, 1.807) is 55.3 Å². The van der Waals surface area contributed by atoms with Gasteiger partial charge < -0.3 is 36.5 Å². The Morgan fingerprint density at radius 2 is 1.64 bits per heavy atom. The summed E-state index contributed by atoms with van der Waals surface area (Å²) in [6.07, 6.45) is 1.85. The van der Waals surface area contributed by atoms with E-state index in [2.05, 4.69) is 21.3 Å². The summed E-state index contributed by atoms with van der Waals surface area (Å²) in [4.78, 5) is 56.4. The summed E-state index contributed by atoms with van der Waals surface area (Å²) in [5, 5.41) is 14.9. The van der Waals surface area contributed by atoms with E-state index in [1.807, 2.05) is 74.5 Å². The molecule has 0 bridgehead atoms.